The fourth-order valence-corrected chi connectivity index (χ4v) is 4.85. The van der Waals surface area contributed by atoms with Gasteiger partial charge in [0.25, 0.3) is 5.88 Å². The summed E-state index contributed by atoms with van der Waals surface area (Å²) in [5.41, 5.74) is 1.12. The molecule has 0 aliphatic carbocycles. The molecular formula is C26H28ClN5O2. The number of piperazine rings is 1. The van der Waals surface area contributed by atoms with Gasteiger partial charge in [0.05, 0.1) is 0 Å². The van der Waals surface area contributed by atoms with Crippen LogP contribution < -0.4 is 14.5 Å². The Bertz CT molecular complexity index is 1110. The van der Waals surface area contributed by atoms with Gasteiger partial charge in [-0.3, -0.25) is 4.79 Å². The number of halogens is 1. The number of rotatable bonds is 5. The molecule has 3 heterocycles. The number of carbonyl (C=O) groups excluding carboxylic acids is 1. The molecule has 1 aromatic heterocycles. The summed E-state index contributed by atoms with van der Waals surface area (Å²) in [4.78, 5) is 28.6. The first-order chi connectivity index (χ1) is 16.7. The molecule has 2 fully saturated rings. The second-order valence-electron chi connectivity index (χ2n) is 8.65. The Morgan fingerprint density at radius 1 is 0.853 bits per heavy atom. The van der Waals surface area contributed by atoms with E-state index in [1.807, 2.05) is 53.4 Å². The Labute approximate surface area is 204 Å². The summed E-state index contributed by atoms with van der Waals surface area (Å²) >= 11 is 6.14. The normalized spacial score (nSPS) is 17.0. The highest BCUT2D eigenvalue weighted by Crippen LogP contribution is 2.31. The molecule has 2 aliphatic rings. The van der Waals surface area contributed by atoms with Crippen molar-refractivity contribution in [3.05, 3.63) is 72.0 Å². The largest absolute Gasteiger partial charge is 0.436 e. The minimum atomic E-state index is 0.0455. The van der Waals surface area contributed by atoms with Gasteiger partial charge in [-0.1, -0.05) is 35.9 Å². The average Bonchev–Trinajstić information content (AvgIpc) is 2.89. The third-order valence-corrected chi connectivity index (χ3v) is 6.75. The number of hydrogen-bond acceptors (Lipinski definition) is 6. The van der Waals surface area contributed by atoms with Crippen molar-refractivity contribution in [2.24, 2.45) is 5.92 Å². The van der Waals surface area contributed by atoms with Gasteiger partial charge in [0, 0.05) is 68.3 Å². The third kappa shape index (κ3) is 5.09. The number of amides is 1. The van der Waals surface area contributed by atoms with Crippen molar-refractivity contribution in [1.82, 2.24) is 14.9 Å². The van der Waals surface area contributed by atoms with E-state index >= 15 is 0 Å². The van der Waals surface area contributed by atoms with Gasteiger partial charge in [-0.2, -0.15) is 0 Å². The lowest BCUT2D eigenvalue weighted by molar-refractivity contribution is -0.136. The number of benzene rings is 2. The van der Waals surface area contributed by atoms with Gasteiger partial charge < -0.3 is 19.4 Å². The van der Waals surface area contributed by atoms with Crippen LogP contribution in [0, 0.1) is 5.92 Å². The molecule has 0 unspecified atom stereocenters. The number of aromatic nitrogens is 2. The molecule has 7 nitrogen and oxygen atoms in total. The first-order valence-corrected chi connectivity index (χ1v) is 12.1. The fraction of sp³-hybridized carbons (Fsp3) is 0.346. The van der Waals surface area contributed by atoms with Crippen molar-refractivity contribution in [3.63, 3.8) is 0 Å². The van der Waals surface area contributed by atoms with Crippen molar-refractivity contribution in [2.45, 2.75) is 12.8 Å². The molecule has 34 heavy (non-hydrogen) atoms. The van der Waals surface area contributed by atoms with Crippen molar-refractivity contribution in [2.75, 3.05) is 49.1 Å². The first kappa shape index (κ1) is 22.5. The van der Waals surface area contributed by atoms with Gasteiger partial charge in [-0.25, -0.2) is 9.97 Å². The van der Waals surface area contributed by atoms with Crippen LogP contribution in [0.15, 0.2) is 67.0 Å². The van der Waals surface area contributed by atoms with Crippen LogP contribution in [0.25, 0.3) is 0 Å². The molecular weight excluding hydrogens is 450 g/mol. The van der Waals surface area contributed by atoms with Crippen molar-refractivity contribution >= 4 is 29.0 Å². The highest BCUT2D eigenvalue weighted by molar-refractivity contribution is 6.30. The molecule has 176 valence electrons. The lowest BCUT2D eigenvalue weighted by atomic mass is 9.95. The van der Waals surface area contributed by atoms with Crippen molar-refractivity contribution in [3.8, 4) is 11.6 Å². The predicted molar refractivity (Wildman–Crippen MR) is 134 cm³/mol. The molecule has 3 aromatic rings. The van der Waals surface area contributed by atoms with E-state index in [9.17, 15) is 4.79 Å². The SMILES string of the molecule is O=C(C1CCN(c2nccnc2Oc2ccccc2)CC1)N1CCN(c2cccc(Cl)c2)CC1. The van der Waals surface area contributed by atoms with E-state index in [1.54, 1.807) is 12.4 Å². The number of hydrogen-bond donors (Lipinski definition) is 0. The quantitative estimate of drug-likeness (QED) is 0.539. The molecule has 2 aromatic carbocycles. The van der Waals surface area contributed by atoms with E-state index in [4.69, 9.17) is 16.3 Å². The Morgan fingerprint density at radius 2 is 1.59 bits per heavy atom. The molecule has 0 atom stereocenters. The summed E-state index contributed by atoms with van der Waals surface area (Å²) in [6.45, 7) is 4.64. The molecule has 1 amide bonds. The van der Waals surface area contributed by atoms with E-state index in [0.717, 1.165) is 74.4 Å². The zero-order chi connectivity index (χ0) is 23.3. The second-order valence-corrected chi connectivity index (χ2v) is 9.09. The summed E-state index contributed by atoms with van der Waals surface area (Å²) in [5.74, 6) is 2.27. The number of nitrogens with zero attached hydrogens (tertiary/aromatic N) is 5. The van der Waals surface area contributed by atoms with Gasteiger partial charge in [0.2, 0.25) is 5.91 Å². The van der Waals surface area contributed by atoms with Crippen LogP contribution in [0.2, 0.25) is 5.02 Å². The monoisotopic (exact) mass is 477 g/mol. The molecule has 0 saturated carbocycles. The number of para-hydroxylation sites is 1. The third-order valence-electron chi connectivity index (χ3n) is 6.51. The van der Waals surface area contributed by atoms with Crippen LogP contribution in [-0.2, 0) is 4.79 Å². The zero-order valence-electron chi connectivity index (χ0n) is 19.0. The predicted octanol–water partition coefficient (Wildman–Crippen LogP) is 4.49. The van der Waals surface area contributed by atoms with Crippen molar-refractivity contribution < 1.29 is 9.53 Å². The molecule has 0 N–H and O–H groups in total. The highest BCUT2D eigenvalue weighted by atomic mass is 35.5. The van der Waals surface area contributed by atoms with Gasteiger partial charge in [-0.05, 0) is 43.2 Å². The van der Waals surface area contributed by atoms with Gasteiger partial charge in [0.15, 0.2) is 5.82 Å². The maximum atomic E-state index is 13.2. The fourth-order valence-electron chi connectivity index (χ4n) is 4.66. The molecule has 8 heteroatoms. The van der Waals surface area contributed by atoms with Gasteiger partial charge in [0.1, 0.15) is 5.75 Å². The van der Waals surface area contributed by atoms with Crippen LogP contribution >= 0.6 is 11.6 Å². The number of piperidine rings is 1. The summed E-state index contributed by atoms with van der Waals surface area (Å²) in [6.07, 6.45) is 4.92. The highest BCUT2D eigenvalue weighted by Gasteiger charge is 2.31. The molecule has 0 spiro atoms. The Hall–Kier alpha value is -3.32. The molecule has 5 rings (SSSR count). The van der Waals surface area contributed by atoms with Crippen LogP contribution in [0.4, 0.5) is 11.5 Å². The molecule has 2 aliphatic heterocycles. The topological polar surface area (TPSA) is 61.8 Å². The maximum Gasteiger partial charge on any atom is 0.263 e. The van der Waals surface area contributed by atoms with E-state index in [1.165, 1.54) is 0 Å². The first-order valence-electron chi connectivity index (χ1n) is 11.8. The second kappa shape index (κ2) is 10.3. The summed E-state index contributed by atoms with van der Waals surface area (Å²) < 4.78 is 5.98. The van der Waals surface area contributed by atoms with Crippen molar-refractivity contribution in [1.29, 1.82) is 0 Å². The van der Waals surface area contributed by atoms with Gasteiger partial charge in [-0.15, -0.1) is 0 Å². The molecule has 2 saturated heterocycles. The number of anilines is 2. The molecule has 0 radical (unpaired) electrons. The Kier molecular flexibility index (Phi) is 6.81. The zero-order valence-corrected chi connectivity index (χ0v) is 19.8. The minimum absolute atomic E-state index is 0.0455. The van der Waals surface area contributed by atoms with Crippen LogP contribution in [0.5, 0.6) is 11.6 Å². The van der Waals surface area contributed by atoms with Gasteiger partial charge >= 0.3 is 0 Å². The minimum Gasteiger partial charge on any atom is -0.436 e. The number of carbonyl (C=O) groups is 1. The summed E-state index contributed by atoms with van der Waals surface area (Å²) in [7, 11) is 0. The smallest absolute Gasteiger partial charge is 0.263 e. The van der Waals surface area contributed by atoms with E-state index in [0.29, 0.717) is 5.88 Å². The van der Waals surface area contributed by atoms with Crippen LogP contribution in [0.3, 0.4) is 0 Å². The molecule has 0 bridgehead atoms. The van der Waals surface area contributed by atoms with E-state index in [2.05, 4.69) is 25.8 Å². The lowest BCUT2D eigenvalue weighted by Gasteiger charge is -2.39. The standard InChI is InChI=1S/C26H28ClN5O2/c27-21-5-4-6-22(19-21)30-15-17-32(18-16-30)26(33)20-9-13-31(14-10-20)24-25(29-12-11-28-24)34-23-7-2-1-3-8-23/h1-8,11-12,19-20H,9-10,13-18H2. The maximum absolute atomic E-state index is 13.2. The Morgan fingerprint density at radius 3 is 2.32 bits per heavy atom. The summed E-state index contributed by atoms with van der Waals surface area (Å²) in [5, 5.41) is 0.739. The van der Waals surface area contributed by atoms with E-state index in [-0.39, 0.29) is 11.8 Å². The average molecular weight is 478 g/mol. The van der Waals surface area contributed by atoms with Crippen LogP contribution in [-0.4, -0.2) is 60.0 Å². The number of ether oxygens (including phenoxy) is 1. The van der Waals surface area contributed by atoms with E-state index < -0.39 is 0 Å². The Balaban J connectivity index is 1.16. The van der Waals surface area contributed by atoms with Crippen LogP contribution in [0.1, 0.15) is 12.8 Å². The lowest BCUT2D eigenvalue weighted by Crippen LogP contribution is -2.51. The summed E-state index contributed by atoms with van der Waals surface area (Å²) in [6, 6.07) is 17.5.